The molecule has 0 atom stereocenters. The van der Waals surface area contributed by atoms with Crippen molar-refractivity contribution in [2.45, 2.75) is 95.3 Å². The molecule has 0 unspecified atom stereocenters. The summed E-state index contributed by atoms with van der Waals surface area (Å²) in [6, 6.07) is 0. The van der Waals surface area contributed by atoms with Gasteiger partial charge in [0.25, 0.3) is 0 Å². The summed E-state index contributed by atoms with van der Waals surface area (Å²) < 4.78 is 10.7. The molecule has 0 rings (SSSR count). The van der Waals surface area contributed by atoms with Crippen molar-refractivity contribution in [2.75, 3.05) is 0 Å². The molecule has 0 amide bonds. The number of unbranched alkanes of at least 4 members (excludes halogenated alkanes) is 9. The van der Waals surface area contributed by atoms with Crippen LogP contribution in [0.15, 0.2) is 0 Å². The molecule has 0 aromatic rings. The Morgan fingerprint density at radius 2 is 1.22 bits per heavy atom. The van der Waals surface area contributed by atoms with E-state index in [1.54, 1.807) is 0 Å². The van der Waals surface area contributed by atoms with E-state index in [-0.39, 0.29) is 27.3 Å². The van der Waals surface area contributed by atoms with Crippen molar-refractivity contribution in [3.63, 3.8) is 0 Å². The SMILES string of the molecule is CCCCCCC[CH2][Sn][C](=O)CCCCCCC.O=[Si](O)O.[PbH2]. The van der Waals surface area contributed by atoms with Gasteiger partial charge in [-0.2, -0.15) is 0 Å². The molecular weight excluding hydrogens is 610 g/mol. The average Bonchev–Trinajstić information content (AvgIpc) is 2.45. The van der Waals surface area contributed by atoms with E-state index in [2.05, 4.69) is 13.8 Å². The zero-order valence-electron chi connectivity index (χ0n) is 15.1. The second-order valence-corrected chi connectivity index (χ2v) is 10.2. The van der Waals surface area contributed by atoms with Crippen molar-refractivity contribution in [3.05, 3.63) is 0 Å². The number of hydrogen-bond acceptors (Lipinski definition) is 2. The maximum atomic E-state index is 11.7. The van der Waals surface area contributed by atoms with Crippen LogP contribution in [0.4, 0.5) is 0 Å². The van der Waals surface area contributed by atoms with E-state index in [4.69, 9.17) is 14.1 Å². The fourth-order valence-electron chi connectivity index (χ4n) is 2.11. The summed E-state index contributed by atoms with van der Waals surface area (Å²) in [6.07, 6.45) is 15.5. The van der Waals surface area contributed by atoms with Gasteiger partial charge in [-0.1, -0.05) is 0 Å². The maximum absolute atomic E-state index is 11.7. The Balaban J connectivity index is -0.000000712. The van der Waals surface area contributed by atoms with Crippen molar-refractivity contribution in [2.24, 2.45) is 0 Å². The summed E-state index contributed by atoms with van der Waals surface area (Å²) in [5.74, 6) is 0. The Morgan fingerprint density at radius 3 is 1.70 bits per heavy atom. The molecule has 0 heterocycles. The van der Waals surface area contributed by atoms with E-state index in [9.17, 15) is 4.79 Å². The van der Waals surface area contributed by atoms with Crippen LogP contribution in [-0.2, 0) is 9.26 Å². The molecule has 0 aliphatic heterocycles. The molecule has 2 N–H and O–H groups in total. The van der Waals surface area contributed by atoms with Crippen LogP contribution in [0.1, 0.15) is 90.9 Å². The van der Waals surface area contributed by atoms with Crippen LogP contribution < -0.4 is 0 Å². The Bertz CT molecular complexity index is 264. The van der Waals surface area contributed by atoms with E-state index in [0.717, 1.165) is 12.8 Å². The van der Waals surface area contributed by atoms with Crippen LogP contribution >= 0.6 is 0 Å². The zero-order chi connectivity index (χ0) is 17.1. The molecule has 0 spiro atoms. The Morgan fingerprint density at radius 1 is 0.826 bits per heavy atom. The summed E-state index contributed by atoms with van der Waals surface area (Å²) in [5.41, 5.74) is 0. The van der Waals surface area contributed by atoms with Gasteiger partial charge in [0.15, 0.2) is 0 Å². The molecule has 0 aromatic heterocycles. The van der Waals surface area contributed by atoms with Gasteiger partial charge in [0.05, 0.1) is 0 Å². The Labute approximate surface area is 174 Å². The number of rotatable bonds is 14. The fourth-order valence-corrected chi connectivity index (χ4v) is 5.13. The minimum atomic E-state index is -3.13. The van der Waals surface area contributed by atoms with Crippen molar-refractivity contribution in [3.8, 4) is 0 Å². The van der Waals surface area contributed by atoms with Crippen LogP contribution in [0.5, 0.6) is 0 Å². The van der Waals surface area contributed by atoms with Crippen LogP contribution in [0, 0.1) is 0 Å². The van der Waals surface area contributed by atoms with Crippen LogP contribution in [0.3, 0.4) is 0 Å². The van der Waals surface area contributed by atoms with Gasteiger partial charge >= 0.3 is 162 Å². The predicted molar refractivity (Wildman–Crippen MR) is 102 cm³/mol. The molecule has 0 saturated heterocycles. The first-order chi connectivity index (χ1) is 10.5. The van der Waals surface area contributed by atoms with Gasteiger partial charge < -0.3 is 9.59 Å². The molecule has 136 valence electrons. The molecule has 0 aliphatic carbocycles. The van der Waals surface area contributed by atoms with Gasteiger partial charge in [0, 0.05) is 0 Å². The standard InChI is InChI=1S/C8H15O.C8H17.H2O3Si.Pb.Sn.2H/c1-2-3-4-5-6-7-8-9;1-3-5-7-8-6-4-2;1-4(2)3;;;;/h2-7H2,1H3;1,3-8H2,2H3;1-2H;;;;. The van der Waals surface area contributed by atoms with Crippen LogP contribution in [0.2, 0.25) is 4.44 Å². The summed E-state index contributed by atoms with van der Waals surface area (Å²) in [5, 5.41) is 0. The fraction of sp³-hybridized carbons (Fsp3) is 0.938. The molecule has 23 heavy (non-hydrogen) atoms. The second kappa shape index (κ2) is 25.3. The normalized spacial score (nSPS) is 9.48. The first-order valence-corrected chi connectivity index (χ1v) is 13.5. The van der Waals surface area contributed by atoms with Crippen LogP contribution in [-0.4, -0.2) is 71.0 Å². The van der Waals surface area contributed by atoms with Gasteiger partial charge in [0.1, 0.15) is 0 Å². The van der Waals surface area contributed by atoms with Gasteiger partial charge in [0.2, 0.25) is 0 Å². The van der Waals surface area contributed by atoms with E-state index in [1.807, 2.05) is 0 Å². The third-order valence-corrected chi connectivity index (χ3v) is 6.92. The summed E-state index contributed by atoms with van der Waals surface area (Å²) >= 11 is -0.655. The first-order valence-electron chi connectivity index (χ1n) is 8.73. The number of hydrogen-bond donors (Lipinski definition) is 2. The molecule has 0 aliphatic rings. The van der Waals surface area contributed by atoms with Gasteiger partial charge in [-0.05, 0) is 0 Å². The number of carbonyl (C=O) groups is 1. The molecule has 7 heteroatoms. The summed E-state index contributed by atoms with van der Waals surface area (Å²) in [6.45, 7) is 4.49. The zero-order valence-corrected chi connectivity index (χ0v) is 24.5. The molecule has 4 nitrogen and oxygen atoms in total. The van der Waals surface area contributed by atoms with Gasteiger partial charge in [-0.15, -0.1) is 0 Å². The Kier molecular flexibility index (Phi) is 31.6. The Hall–Kier alpha value is 1.01. The molecular formula is C16H36O4PbSiSn. The molecule has 0 fully saturated rings. The molecule has 0 aromatic carbocycles. The van der Waals surface area contributed by atoms with E-state index in [0.29, 0.717) is 3.80 Å². The second-order valence-electron chi connectivity index (χ2n) is 5.56. The first kappa shape index (κ1) is 28.8. The molecule has 4 radical (unpaired) electrons. The molecule has 0 saturated carbocycles. The van der Waals surface area contributed by atoms with Crippen molar-refractivity contribution < 1.29 is 18.8 Å². The third-order valence-electron chi connectivity index (χ3n) is 3.36. The predicted octanol–water partition coefficient (Wildman–Crippen LogP) is 2.83. The van der Waals surface area contributed by atoms with Crippen LogP contribution in [0.25, 0.3) is 0 Å². The van der Waals surface area contributed by atoms with Gasteiger partial charge in [-0.25, -0.2) is 0 Å². The summed E-state index contributed by atoms with van der Waals surface area (Å²) in [7, 11) is -3.13. The van der Waals surface area contributed by atoms with Gasteiger partial charge in [-0.3, -0.25) is 4.46 Å². The monoisotopic (exact) mass is 648 g/mol. The molecule has 0 bridgehead atoms. The number of carbonyl (C=O) groups excluding carboxylic acids is 1. The summed E-state index contributed by atoms with van der Waals surface area (Å²) in [4.78, 5) is 26.0. The van der Waals surface area contributed by atoms with Crippen molar-refractivity contribution >= 4 is 61.4 Å². The van der Waals surface area contributed by atoms with Crippen molar-refractivity contribution in [1.82, 2.24) is 0 Å². The average molecular weight is 646 g/mol. The third kappa shape index (κ3) is 35.1. The van der Waals surface area contributed by atoms with E-state index < -0.39 is 30.3 Å². The quantitative estimate of drug-likeness (QED) is 0.225. The minimum absolute atomic E-state index is 0. The van der Waals surface area contributed by atoms with Crippen molar-refractivity contribution in [1.29, 1.82) is 0 Å². The van der Waals surface area contributed by atoms with E-state index in [1.165, 1.54) is 68.6 Å². The topological polar surface area (TPSA) is 74.6 Å². The van der Waals surface area contributed by atoms with E-state index >= 15 is 0 Å².